The zero-order chi connectivity index (χ0) is 23.4. The smallest absolute Gasteiger partial charge is 0.269 e. The summed E-state index contributed by atoms with van der Waals surface area (Å²) in [6.07, 6.45) is 1.80. The Morgan fingerprint density at radius 2 is 1.97 bits per heavy atom. The summed E-state index contributed by atoms with van der Waals surface area (Å²) in [5.74, 6) is -0.626. The Bertz CT molecular complexity index is 1350. The Labute approximate surface area is 194 Å². The summed E-state index contributed by atoms with van der Waals surface area (Å²) < 4.78 is 1.71. The third-order valence-corrected chi connectivity index (χ3v) is 5.27. The molecule has 0 spiro atoms. The van der Waals surface area contributed by atoms with Crippen LogP contribution in [0.1, 0.15) is 39.0 Å². The molecule has 9 heteroatoms. The molecule has 33 heavy (non-hydrogen) atoms. The Kier molecular flexibility index (Phi) is 6.33. The molecule has 0 bridgehead atoms. The molecule has 0 fully saturated rings. The van der Waals surface area contributed by atoms with Gasteiger partial charge in [-0.2, -0.15) is 15.5 Å². The van der Waals surface area contributed by atoms with Crippen molar-refractivity contribution >= 4 is 23.3 Å². The van der Waals surface area contributed by atoms with E-state index in [0.717, 1.165) is 5.56 Å². The van der Waals surface area contributed by atoms with E-state index in [-0.39, 0.29) is 29.1 Å². The summed E-state index contributed by atoms with van der Waals surface area (Å²) in [5.41, 5.74) is 2.79. The van der Waals surface area contributed by atoms with Gasteiger partial charge in [0.2, 0.25) is 5.78 Å². The highest BCUT2D eigenvalue weighted by molar-refractivity contribution is 6.32. The number of nitriles is 1. The van der Waals surface area contributed by atoms with Crippen molar-refractivity contribution in [2.75, 3.05) is 0 Å². The van der Waals surface area contributed by atoms with Gasteiger partial charge in [-0.25, -0.2) is 0 Å². The lowest BCUT2D eigenvalue weighted by molar-refractivity contribution is 0.0930. The van der Waals surface area contributed by atoms with Crippen LogP contribution in [0.4, 0.5) is 0 Å². The molecule has 0 unspecified atom stereocenters. The summed E-state index contributed by atoms with van der Waals surface area (Å²) in [4.78, 5) is 25.0. The molecule has 0 radical (unpaired) electrons. The van der Waals surface area contributed by atoms with Gasteiger partial charge in [0.05, 0.1) is 22.8 Å². The number of amides is 1. The predicted octanol–water partition coefficient (Wildman–Crippen LogP) is 3.85. The van der Waals surface area contributed by atoms with Crippen molar-refractivity contribution in [2.45, 2.75) is 19.5 Å². The van der Waals surface area contributed by atoms with Crippen LogP contribution in [0.15, 0.2) is 66.9 Å². The minimum Gasteiger partial charge on any atom is -0.346 e. The molecule has 0 aliphatic carbocycles. The number of rotatable bonds is 7. The van der Waals surface area contributed by atoms with Crippen molar-refractivity contribution in [1.82, 2.24) is 25.3 Å². The average molecular weight is 459 g/mol. The number of carbonyl (C=O) groups excluding carboxylic acids is 2. The van der Waals surface area contributed by atoms with Crippen molar-refractivity contribution < 1.29 is 9.59 Å². The first-order valence-electron chi connectivity index (χ1n) is 10.1. The van der Waals surface area contributed by atoms with Crippen molar-refractivity contribution in [3.05, 3.63) is 94.4 Å². The summed E-state index contributed by atoms with van der Waals surface area (Å²) >= 11 is 6.11. The van der Waals surface area contributed by atoms with Gasteiger partial charge in [-0.3, -0.25) is 19.4 Å². The topological polar surface area (TPSA) is 116 Å². The zero-order valence-corrected chi connectivity index (χ0v) is 18.4. The van der Waals surface area contributed by atoms with E-state index in [2.05, 4.69) is 20.6 Å². The van der Waals surface area contributed by atoms with Gasteiger partial charge in [-0.15, -0.1) is 0 Å². The number of aromatic amines is 1. The Morgan fingerprint density at radius 3 is 2.70 bits per heavy atom. The fourth-order valence-electron chi connectivity index (χ4n) is 3.30. The van der Waals surface area contributed by atoms with Crippen LogP contribution in [0.3, 0.4) is 0 Å². The number of halogens is 1. The van der Waals surface area contributed by atoms with E-state index in [4.69, 9.17) is 16.9 Å². The number of hydrogen-bond donors (Lipinski definition) is 2. The lowest BCUT2D eigenvalue weighted by Crippen LogP contribution is -2.36. The van der Waals surface area contributed by atoms with Gasteiger partial charge >= 0.3 is 0 Å². The molecule has 0 saturated heterocycles. The standard InChI is InChI=1S/C24H19ClN6O2/c1-15(14-31-10-9-20(30-31)17-7-8-18(13-26)19(25)11-17)27-24(33)22-12-21(28-29-22)23(32)16-5-3-2-4-6-16/h2-12,15H,14H2,1H3,(H,27,33)(H,28,29)/t15-/m0/s1. The Morgan fingerprint density at radius 1 is 1.18 bits per heavy atom. The van der Waals surface area contributed by atoms with Crippen molar-refractivity contribution in [2.24, 2.45) is 0 Å². The molecule has 4 rings (SSSR count). The van der Waals surface area contributed by atoms with Crippen LogP contribution in [0.2, 0.25) is 5.02 Å². The van der Waals surface area contributed by atoms with Gasteiger partial charge in [0.25, 0.3) is 5.91 Å². The van der Waals surface area contributed by atoms with Crippen LogP contribution in [0.25, 0.3) is 11.3 Å². The van der Waals surface area contributed by atoms with Gasteiger partial charge < -0.3 is 5.32 Å². The van der Waals surface area contributed by atoms with E-state index in [0.29, 0.717) is 28.4 Å². The number of aromatic nitrogens is 4. The van der Waals surface area contributed by atoms with Crippen LogP contribution in [0.5, 0.6) is 0 Å². The number of benzene rings is 2. The predicted molar refractivity (Wildman–Crippen MR) is 123 cm³/mol. The van der Waals surface area contributed by atoms with E-state index >= 15 is 0 Å². The van der Waals surface area contributed by atoms with Crippen LogP contribution < -0.4 is 5.32 Å². The van der Waals surface area contributed by atoms with Gasteiger partial charge in [-0.1, -0.05) is 48.0 Å². The quantitative estimate of drug-likeness (QED) is 0.408. The molecular formula is C24H19ClN6O2. The fraction of sp³-hybridized carbons (Fsp3) is 0.125. The SMILES string of the molecule is C[C@@H](Cn1ccc(-c2ccc(C#N)c(Cl)c2)n1)NC(=O)c1cc(C(=O)c2ccccc2)n[nH]1. The monoisotopic (exact) mass is 458 g/mol. The average Bonchev–Trinajstić information content (AvgIpc) is 3.49. The number of H-pyrrole nitrogens is 1. The highest BCUT2D eigenvalue weighted by atomic mass is 35.5. The van der Waals surface area contributed by atoms with Gasteiger partial charge in [0.1, 0.15) is 17.5 Å². The molecule has 0 aliphatic heterocycles. The maximum atomic E-state index is 12.6. The van der Waals surface area contributed by atoms with Gasteiger partial charge in [-0.05, 0) is 25.1 Å². The molecule has 2 heterocycles. The minimum atomic E-state index is -0.367. The first-order chi connectivity index (χ1) is 15.9. The molecule has 2 aromatic carbocycles. The maximum absolute atomic E-state index is 12.6. The molecule has 2 N–H and O–H groups in total. The van der Waals surface area contributed by atoms with Crippen LogP contribution in [-0.2, 0) is 6.54 Å². The lowest BCUT2D eigenvalue weighted by Gasteiger charge is -2.13. The highest BCUT2D eigenvalue weighted by Crippen LogP contribution is 2.24. The van der Waals surface area contributed by atoms with E-state index < -0.39 is 0 Å². The first kappa shape index (κ1) is 22.0. The van der Waals surface area contributed by atoms with Crippen molar-refractivity contribution in [1.29, 1.82) is 5.26 Å². The fourth-order valence-corrected chi connectivity index (χ4v) is 3.52. The molecule has 0 aliphatic rings. The van der Waals surface area contributed by atoms with E-state index in [1.165, 1.54) is 6.07 Å². The zero-order valence-electron chi connectivity index (χ0n) is 17.6. The van der Waals surface area contributed by atoms with Gasteiger partial charge in [0.15, 0.2) is 0 Å². The third-order valence-electron chi connectivity index (χ3n) is 4.96. The Hall–Kier alpha value is -4.22. The molecule has 8 nitrogen and oxygen atoms in total. The summed E-state index contributed by atoms with van der Waals surface area (Å²) in [6.45, 7) is 2.28. The normalized spacial score (nSPS) is 11.5. The third kappa shape index (κ3) is 5.00. The lowest BCUT2D eigenvalue weighted by atomic mass is 10.1. The number of nitrogens with zero attached hydrogens (tertiary/aromatic N) is 4. The number of carbonyl (C=O) groups is 2. The number of nitrogens with one attached hydrogen (secondary N) is 2. The summed E-state index contributed by atoms with van der Waals surface area (Å²) in [7, 11) is 0. The van der Waals surface area contributed by atoms with E-state index in [1.807, 2.05) is 25.1 Å². The Balaban J connectivity index is 1.38. The van der Waals surface area contributed by atoms with Gasteiger partial charge in [0, 0.05) is 29.4 Å². The number of hydrogen-bond acceptors (Lipinski definition) is 5. The second kappa shape index (κ2) is 9.51. The van der Waals surface area contributed by atoms with Crippen LogP contribution in [0, 0.1) is 11.3 Å². The van der Waals surface area contributed by atoms with E-state index in [1.54, 1.807) is 53.3 Å². The van der Waals surface area contributed by atoms with Crippen LogP contribution in [-0.4, -0.2) is 37.7 Å². The second-order valence-corrected chi connectivity index (χ2v) is 7.87. The minimum absolute atomic E-state index is 0.178. The molecular weight excluding hydrogens is 440 g/mol. The highest BCUT2D eigenvalue weighted by Gasteiger charge is 2.18. The molecule has 1 atom stereocenters. The molecule has 164 valence electrons. The molecule has 2 aromatic heterocycles. The second-order valence-electron chi connectivity index (χ2n) is 7.47. The largest absolute Gasteiger partial charge is 0.346 e. The number of ketones is 1. The van der Waals surface area contributed by atoms with Crippen LogP contribution >= 0.6 is 11.6 Å². The first-order valence-corrected chi connectivity index (χ1v) is 10.5. The molecule has 1 amide bonds. The molecule has 4 aromatic rings. The molecule has 0 saturated carbocycles. The van der Waals surface area contributed by atoms with Crippen molar-refractivity contribution in [3.63, 3.8) is 0 Å². The summed E-state index contributed by atoms with van der Waals surface area (Å²) in [5, 5.41) is 23.4. The van der Waals surface area contributed by atoms with Crippen molar-refractivity contribution in [3.8, 4) is 17.3 Å². The maximum Gasteiger partial charge on any atom is 0.269 e. The summed E-state index contributed by atoms with van der Waals surface area (Å²) in [6, 6.07) is 19.0. The van der Waals surface area contributed by atoms with E-state index in [9.17, 15) is 9.59 Å².